The van der Waals surface area contributed by atoms with Crippen molar-refractivity contribution in [2.24, 2.45) is 0 Å². The van der Waals surface area contributed by atoms with Crippen molar-refractivity contribution >= 4 is 17.7 Å². The van der Waals surface area contributed by atoms with E-state index in [9.17, 15) is 24.2 Å². The van der Waals surface area contributed by atoms with E-state index >= 15 is 0 Å². The number of aliphatic hydroxyl groups is 2. The molecule has 1 saturated carbocycles. The summed E-state index contributed by atoms with van der Waals surface area (Å²) >= 11 is 0. The summed E-state index contributed by atoms with van der Waals surface area (Å²) in [5, 5.41) is 22.0. The number of rotatable bonds is 4. The summed E-state index contributed by atoms with van der Waals surface area (Å²) in [4.78, 5) is 24.3. The minimum Gasteiger partial charge on any atom is -0.442 e. The summed E-state index contributed by atoms with van der Waals surface area (Å²) in [6, 6.07) is 4.56. The minimum absolute atomic E-state index is 0.166. The Hall–Kier alpha value is -2.19. The predicted molar refractivity (Wildman–Crippen MR) is 91.3 cm³/mol. The molecule has 0 aromatic heterocycles. The summed E-state index contributed by atoms with van der Waals surface area (Å²) < 4.78 is 19.8. The van der Waals surface area contributed by atoms with Gasteiger partial charge in [-0.15, -0.1) is 0 Å². The fraction of sp³-hybridized carbons (Fsp3) is 0.556. The van der Waals surface area contributed by atoms with Crippen LogP contribution in [0, 0.1) is 5.82 Å². The van der Waals surface area contributed by atoms with E-state index in [1.165, 1.54) is 17.9 Å². The number of benzene rings is 1. The SMILES string of the molecule is CC(=O)NC[C@H]1CN(c2ccc(C3CCC(O)C(O)C3)c(F)c2)C(=O)O1. The van der Waals surface area contributed by atoms with Crippen LogP contribution in [0.3, 0.4) is 0 Å². The number of amides is 2. The predicted octanol–water partition coefficient (Wildman–Crippen LogP) is 1.28. The van der Waals surface area contributed by atoms with E-state index in [0.717, 1.165) is 0 Å². The van der Waals surface area contributed by atoms with Crippen LogP contribution in [0.1, 0.15) is 37.7 Å². The monoisotopic (exact) mass is 366 g/mol. The number of ether oxygens (including phenoxy) is 1. The Kier molecular flexibility index (Phi) is 5.43. The van der Waals surface area contributed by atoms with Gasteiger partial charge in [-0.05, 0) is 42.9 Å². The first-order chi connectivity index (χ1) is 12.3. The van der Waals surface area contributed by atoms with E-state index in [-0.39, 0.29) is 24.9 Å². The molecule has 3 unspecified atom stereocenters. The molecule has 3 rings (SSSR count). The molecule has 0 radical (unpaired) electrons. The van der Waals surface area contributed by atoms with Gasteiger partial charge in [0.25, 0.3) is 0 Å². The van der Waals surface area contributed by atoms with Gasteiger partial charge in [-0.2, -0.15) is 0 Å². The fourth-order valence-corrected chi connectivity index (χ4v) is 3.52. The van der Waals surface area contributed by atoms with Crippen molar-refractivity contribution in [3.8, 4) is 0 Å². The lowest BCUT2D eigenvalue weighted by molar-refractivity contribution is -0.119. The number of aliphatic hydroxyl groups excluding tert-OH is 2. The second-order valence-corrected chi connectivity index (χ2v) is 6.90. The molecule has 1 aromatic rings. The largest absolute Gasteiger partial charge is 0.442 e. The number of hydrogen-bond acceptors (Lipinski definition) is 5. The molecular formula is C18H23FN2O5. The smallest absolute Gasteiger partial charge is 0.414 e. The van der Waals surface area contributed by atoms with Crippen LogP contribution in [0.5, 0.6) is 0 Å². The number of halogens is 1. The molecule has 1 aliphatic carbocycles. The summed E-state index contributed by atoms with van der Waals surface area (Å²) in [6.07, 6.45) is -1.34. The third-order valence-electron chi connectivity index (χ3n) is 4.97. The Balaban J connectivity index is 1.69. The van der Waals surface area contributed by atoms with Gasteiger partial charge in [-0.1, -0.05) is 6.07 Å². The second kappa shape index (κ2) is 7.59. The highest BCUT2D eigenvalue weighted by atomic mass is 19.1. The van der Waals surface area contributed by atoms with Gasteiger partial charge in [-0.25, -0.2) is 9.18 Å². The Morgan fingerprint density at radius 3 is 2.77 bits per heavy atom. The number of nitrogens with one attached hydrogen (secondary N) is 1. The molecule has 1 saturated heterocycles. The maximum Gasteiger partial charge on any atom is 0.414 e. The Morgan fingerprint density at radius 2 is 2.12 bits per heavy atom. The Labute approximate surface area is 150 Å². The number of nitrogens with zero attached hydrogens (tertiary/aromatic N) is 1. The average Bonchev–Trinajstić information content (AvgIpc) is 2.96. The van der Waals surface area contributed by atoms with Gasteiger partial charge in [0.15, 0.2) is 0 Å². The molecule has 7 nitrogen and oxygen atoms in total. The van der Waals surface area contributed by atoms with Gasteiger partial charge in [-0.3, -0.25) is 9.69 Å². The van der Waals surface area contributed by atoms with Crippen LogP contribution < -0.4 is 10.2 Å². The zero-order valence-electron chi connectivity index (χ0n) is 14.5. The normalized spacial score (nSPS) is 28.8. The van der Waals surface area contributed by atoms with Crippen molar-refractivity contribution in [2.75, 3.05) is 18.0 Å². The van der Waals surface area contributed by atoms with Crippen LogP contribution in [0.25, 0.3) is 0 Å². The van der Waals surface area contributed by atoms with Crippen molar-refractivity contribution in [1.82, 2.24) is 5.32 Å². The van der Waals surface area contributed by atoms with E-state index in [0.29, 0.717) is 30.5 Å². The van der Waals surface area contributed by atoms with Crippen LogP contribution in [-0.4, -0.2) is 53.6 Å². The third kappa shape index (κ3) is 3.96. The van der Waals surface area contributed by atoms with Gasteiger partial charge in [0.2, 0.25) is 5.91 Å². The molecule has 2 aliphatic rings. The maximum atomic E-state index is 14.6. The van der Waals surface area contributed by atoms with Crippen LogP contribution in [0.15, 0.2) is 18.2 Å². The molecule has 1 aliphatic heterocycles. The number of hydrogen-bond donors (Lipinski definition) is 3. The molecule has 1 heterocycles. The van der Waals surface area contributed by atoms with Gasteiger partial charge >= 0.3 is 6.09 Å². The first-order valence-electron chi connectivity index (χ1n) is 8.73. The standard InChI is InChI=1S/C18H23FN2O5/c1-10(22)20-8-13-9-21(18(25)26-13)12-3-4-14(15(19)7-12)11-2-5-16(23)17(24)6-11/h3-4,7,11,13,16-17,23-24H,2,5-6,8-9H2,1H3,(H,20,22)/t11?,13-,16?,17?/m0/s1. The lowest BCUT2D eigenvalue weighted by Gasteiger charge is -2.30. The molecule has 2 fully saturated rings. The molecule has 8 heteroatoms. The molecule has 0 bridgehead atoms. The summed E-state index contributed by atoms with van der Waals surface area (Å²) in [6.45, 7) is 1.82. The van der Waals surface area contributed by atoms with Gasteiger partial charge in [0.05, 0.1) is 31.0 Å². The Morgan fingerprint density at radius 1 is 1.35 bits per heavy atom. The lowest BCUT2D eigenvalue weighted by Crippen LogP contribution is -2.33. The van der Waals surface area contributed by atoms with E-state index in [2.05, 4.69) is 5.32 Å². The van der Waals surface area contributed by atoms with Crippen molar-refractivity contribution in [2.45, 2.75) is 50.4 Å². The van der Waals surface area contributed by atoms with Gasteiger partial charge in [0, 0.05) is 6.92 Å². The fourth-order valence-electron chi connectivity index (χ4n) is 3.52. The molecule has 1 aromatic carbocycles. The first-order valence-corrected chi connectivity index (χ1v) is 8.73. The molecule has 0 spiro atoms. The third-order valence-corrected chi connectivity index (χ3v) is 4.97. The number of carbonyl (C=O) groups is 2. The molecule has 4 atom stereocenters. The van der Waals surface area contributed by atoms with E-state index < -0.39 is 30.2 Å². The summed E-state index contributed by atoms with van der Waals surface area (Å²) in [5.41, 5.74) is 0.861. The second-order valence-electron chi connectivity index (χ2n) is 6.90. The van der Waals surface area contributed by atoms with E-state index in [1.54, 1.807) is 12.1 Å². The van der Waals surface area contributed by atoms with E-state index in [1.807, 2.05) is 0 Å². The van der Waals surface area contributed by atoms with Crippen molar-refractivity contribution in [3.63, 3.8) is 0 Å². The highest BCUT2D eigenvalue weighted by Crippen LogP contribution is 2.36. The lowest BCUT2D eigenvalue weighted by atomic mass is 9.81. The highest BCUT2D eigenvalue weighted by Gasteiger charge is 2.34. The highest BCUT2D eigenvalue weighted by molar-refractivity contribution is 5.89. The number of anilines is 1. The average molecular weight is 366 g/mol. The molecule has 2 amide bonds. The zero-order valence-corrected chi connectivity index (χ0v) is 14.5. The Bertz CT molecular complexity index is 698. The number of carbonyl (C=O) groups excluding carboxylic acids is 2. The summed E-state index contributed by atoms with van der Waals surface area (Å²) in [5.74, 6) is -0.829. The van der Waals surface area contributed by atoms with Crippen molar-refractivity contribution < 1.29 is 28.9 Å². The quantitative estimate of drug-likeness (QED) is 0.745. The molecule has 142 valence electrons. The first kappa shape index (κ1) is 18.6. The van der Waals surface area contributed by atoms with Crippen LogP contribution in [0.4, 0.5) is 14.9 Å². The van der Waals surface area contributed by atoms with Gasteiger partial charge < -0.3 is 20.3 Å². The van der Waals surface area contributed by atoms with Crippen LogP contribution >= 0.6 is 0 Å². The molecular weight excluding hydrogens is 343 g/mol. The molecule has 3 N–H and O–H groups in total. The van der Waals surface area contributed by atoms with Crippen LogP contribution in [0.2, 0.25) is 0 Å². The zero-order chi connectivity index (χ0) is 18.8. The van der Waals surface area contributed by atoms with Gasteiger partial charge in [0.1, 0.15) is 11.9 Å². The van der Waals surface area contributed by atoms with Crippen LogP contribution in [-0.2, 0) is 9.53 Å². The van der Waals surface area contributed by atoms with E-state index in [4.69, 9.17) is 4.74 Å². The van der Waals surface area contributed by atoms with Crippen molar-refractivity contribution in [1.29, 1.82) is 0 Å². The summed E-state index contributed by atoms with van der Waals surface area (Å²) in [7, 11) is 0. The molecule has 26 heavy (non-hydrogen) atoms. The topological polar surface area (TPSA) is 99.1 Å². The van der Waals surface area contributed by atoms with Crippen molar-refractivity contribution in [3.05, 3.63) is 29.6 Å². The number of cyclic esters (lactones) is 1. The minimum atomic E-state index is -0.851. The maximum absolute atomic E-state index is 14.6.